The maximum atomic E-state index is 13.2. The number of aromatic amines is 1. The molecule has 0 aliphatic carbocycles. The van der Waals surface area contributed by atoms with E-state index < -0.39 is 54.2 Å². The van der Waals surface area contributed by atoms with Gasteiger partial charge in [0, 0.05) is 42.3 Å². The van der Waals surface area contributed by atoms with Crippen LogP contribution in [-0.4, -0.2) is 27.9 Å². The highest BCUT2D eigenvalue weighted by atomic mass is 19.4. The predicted molar refractivity (Wildman–Crippen MR) is 133 cm³/mol. The highest BCUT2D eigenvalue weighted by Gasteiger charge is 2.37. The third-order valence-corrected chi connectivity index (χ3v) is 6.21. The number of ketones is 1. The van der Waals surface area contributed by atoms with E-state index in [0.717, 1.165) is 10.9 Å². The molecule has 210 valence electrons. The van der Waals surface area contributed by atoms with Crippen LogP contribution >= 0.6 is 0 Å². The third-order valence-electron chi connectivity index (χ3n) is 6.21. The molecule has 0 aliphatic rings. The van der Waals surface area contributed by atoms with Gasteiger partial charge in [-0.1, -0.05) is 18.2 Å². The number of rotatable bonds is 9. The number of Topliss-reactive ketones (excluding diaryl/α,β-unsaturated/α-hetero) is 1. The van der Waals surface area contributed by atoms with E-state index in [-0.39, 0.29) is 24.7 Å². The summed E-state index contributed by atoms with van der Waals surface area (Å²) in [6.45, 7) is -0.104. The Hall–Kier alpha value is -4.35. The molecule has 2 aromatic heterocycles. The van der Waals surface area contributed by atoms with Gasteiger partial charge in [0.2, 0.25) is 0 Å². The molecular weight excluding hydrogens is 540 g/mol. The summed E-state index contributed by atoms with van der Waals surface area (Å²) in [7, 11) is 0. The van der Waals surface area contributed by atoms with Gasteiger partial charge in [-0.3, -0.25) is 9.78 Å². The summed E-state index contributed by atoms with van der Waals surface area (Å²) >= 11 is 0. The molecule has 2 heterocycles. The lowest BCUT2D eigenvalue weighted by molar-refractivity contribution is -0.143. The van der Waals surface area contributed by atoms with Crippen molar-refractivity contribution < 1.29 is 40.7 Å². The first kappa shape index (κ1) is 28.7. The molecule has 4 aromatic rings. The number of para-hydroxylation sites is 1. The number of benzene rings is 2. The Balaban J connectivity index is 1.52. The maximum Gasteiger partial charge on any atom is 0.416 e. The Bertz CT molecular complexity index is 1450. The summed E-state index contributed by atoms with van der Waals surface area (Å²) < 4.78 is 84.6. The van der Waals surface area contributed by atoms with E-state index in [9.17, 15) is 35.9 Å². The normalized spacial score (nSPS) is 12.8. The van der Waals surface area contributed by atoms with Crippen LogP contribution in [0.15, 0.2) is 73.2 Å². The Morgan fingerprint density at radius 1 is 0.900 bits per heavy atom. The summed E-state index contributed by atoms with van der Waals surface area (Å²) in [6.07, 6.45) is -7.03. The van der Waals surface area contributed by atoms with Gasteiger partial charge in [-0.05, 0) is 59.5 Å². The number of fused-ring (bicyclic) bond motifs is 1. The van der Waals surface area contributed by atoms with Crippen LogP contribution in [0.25, 0.3) is 10.9 Å². The fourth-order valence-corrected chi connectivity index (χ4v) is 4.18. The highest BCUT2D eigenvalue weighted by molar-refractivity contribution is 5.89. The number of amides is 1. The number of alkyl carbamates (subject to hydrolysis) is 1. The number of hydrogen-bond acceptors (Lipinski definition) is 4. The second-order valence-electron chi connectivity index (χ2n) is 9.07. The van der Waals surface area contributed by atoms with E-state index in [1.54, 1.807) is 24.4 Å². The molecule has 0 aliphatic heterocycles. The zero-order valence-electron chi connectivity index (χ0n) is 20.8. The van der Waals surface area contributed by atoms with Crippen LogP contribution in [0, 0.1) is 0 Å². The van der Waals surface area contributed by atoms with Crippen LogP contribution in [0.5, 0.6) is 0 Å². The average molecular weight is 563 g/mol. The van der Waals surface area contributed by atoms with Crippen molar-refractivity contribution in [3.63, 3.8) is 0 Å². The van der Waals surface area contributed by atoms with Crippen LogP contribution in [0.3, 0.4) is 0 Å². The largest absolute Gasteiger partial charge is 0.445 e. The average Bonchev–Trinajstić information content (AvgIpc) is 3.32. The van der Waals surface area contributed by atoms with Gasteiger partial charge in [-0.15, -0.1) is 0 Å². The van der Waals surface area contributed by atoms with E-state index in [1.807, 2.05) is 18.2 Å². The molecular formula is C28H23F6N3O3. The minimum absolute atomic E-state index is 0.0175. The first-order valence-electron chi connectivity index (χ1n) is 12.1. The van der Waals surface area contributed by atoms with E-state index in [2.05, 4.69) is 15.3 Å². The van der Waals surface area contributed by atoms with Gasteiger partial charge in [-0.2, -0.15) is 26.3 Å². The minimum atomic E-state index is -5.00. The smallest absolute Gasteiger partial charge is 0.416 e. The first-order valence-corrected chi connectivity index (χ1v) is 12.1. The van der Waals surface area contributed by atoms with Crippen LogP contribution in [0.1, 0.15) is 34.2 Å². The summed E-state index contributed by atoms with van der Waals surface area (Å²) in [5.74, 6) is -0.586. The van der Waals surface area contributed by atoms with Gasteiger partial charge >= 0.3 is 18.4 Å². The van der Waals surface area contributed by atoms with E-state index >= 15 is 0 Å². The molecule has 40 heavy (non-hydrogen) atoms. The predicted octanol–water partition coefficient (Wildman–Crippen LogP) is 6.64. The molecule has 6 nitrogen and oxygen atoms in total. The molecule has 4 rings (SSSR count). The minimum Gasteiger partial charge on any atom is -0.445 e. The number of halogens is 6. The van der Waals surface area contributed by atoms with Crippen molar-refractivity contribution >= 4 is 22.8 Å². The molecule has 0 fully saturated rings. The Kier molecular flexibility index (Phi) is 8.46. The number of H-pyrrole nitrogens is 1. The fraction of sp³-hybridized carbons (Fsp3) is 0.250. The number of aryl methyl sites for hydroxylation is 1. The lowest BCUT2D eigenvalue weighted by Crippen LogP contribution is -2.42. The van der Waals surface area contributed by atoms with Gasteiger partial charge in [0.05, 0.1) is 17.2 Å². The molecule has 0 saturated carbocycles. The number of ether oxygens (including phenoxy) is 1. The van der Waals surface area contributed by atoms with Crippen molar-refractivity contribution in [2.75, 3.05) is 0 Å². The molecule has 0 spiro atoms. The van der Waals surface area contributed by atoms with Gasteiger partial charge in [0.1, 0.15) is 6.61 Å². The van der Waals surface area contributed by atoms with Crippen molar-refractivity contribution in [2.24, 2.45) is 0 Å². The molecule has 0 radical (unpaired) electrons. The monoisotopic (exact) mass is 563 g/mol. The lowest BCUT2D eigenvalue weighted by Gasteiger charge is -2.18. The number of nitrogens with zero attached hydrogens (tertiary/aromatic N) is 1. The van der Waals surface area contributed by atoms with Crippen LogP contribution in [-0.2, 0) is 41.3 Å². The van der Waals surface area contributed by atoms with E-state index in [0.29, 0.717) is 23.3 Å². The Morgan fingerprint density at radius 2 is 1.55 bits per heavy atom. The van der Waals surface area contributed by atoms with Crippen LogP contribution in [0.4, 0.5) is 31.1 Å². The molecule has 12 heteroatoms. The number of alkyl halides is 6. The molecule has 0 saturated heterocycles. The quantitative estimate of drug-likeness (QED) is 0.224. The van der Waals surface area contributed by atoms with Crippen molar-refractivity contribution in [1.29, 1.82) is 0 Å². The number of pyridine rings is 1. The topological polar surface area (TPSA) is 84.1 Å². The number of carbonyl (C=O) groups excluding carboxylic acids is 2. The zero-order chi connectivity index (χ0) is 28.9. The zero-order valence-corrected chi connectivity index (χ0v) is 20.8. The second kappa shape index (κ2) is 11.8. The number of nitrogens with one attached hydrogen (secondary N) is 2. The van der Waals surface area contributed by atoms with Crippen molar-refractivity contribution in [3.05, 3.63) is 101 Å². The summed E-state index contributed by atoms with van der Waals surface area (Å²) in [5, 5.41) is 3.29. The van der Waals surface area contributed by atoms with Crippen LogP contribution < -0.4 is 5.32 Å². The van der Waals surface area contributed by atoms with Gasteiger partial charge in [0.15, 0.2) is 5.78 Å². The first-order chi connectivity index (χ1) is 18.9. The molecule has 2 N–H and O–H groups in total. The van der Waals surface area contributed by atoms with Crippen molar-refractivity contribution in [2.45, 2.75) is 44.3 Å². The van der Waals surface area contributed by atoms with Gasteiger partial charge < -0.3 is 15.0 Å². The Morgan fingerprint density at radius 3 is 2.20 bits per heavy atom. The van der Waals surface area contributed by atoms with Crippen molar-refractivity contribution in [3.8, 4) is 0 Å². The van der Waals surface area contributed by atoms with E-state index in [4.69, 9.17) is 4.74 Å². The molecule has 1 amide bonds. The summed E-state index contributed by atoms with van der Waals surface area (Å²) in [4.78, 5) is 32.7. The van der Waals surface area contributed by atoms with Gasteiger partial charge in [-0.25, -0.2) is 4.79 Å². The molecule has 1 unspecified atom stereocenters. The highest BCUT2D eigenvalue weighted by Crippen LogP contribution is 2.36. The number of aromatic nitrogens is 2. The molecule has 0 bridgehead atoms. The standard InChI is InChI=1S/C28H23F6N3O3/c29-27(30,31)20-11-18(12-21(14-20)28(32,33)34)5-6-25(38)24(13-19-15-36-23-4-2-1-3-22(19)23)37-26(39)40-16-17-7-9-35-10-8-17/h1-4,7-12,14-15,24,36H,5-6,13,16H2,(H,37,39). The lowest BCUT2D eigenvalue weighted by atomic mass is 9.96. The summed E-state index contributed by atoms with van der Waals surface area (Å²) in [6, 6.07) is 10.6. The SMILES string of the molecule is O=C(NC(Cc1c[nH]c2ccccc12)C(=O)CCc1cc(C(F)(F)F)cc(C(F)(F)F)c1)OCc1ccncc1. The van der Waals surface area contributed by atoms with Gasteiger partial charge in [0.25, 0.3) is 0 Å². The second-order valence-corrected chi connectivity index (χ2v) is 9.07. The fourth-order valence-electron chi connectivity index (χ4n) is 4.18. The van der Waals surface area contributed by atoms with Crippen molar-refractivity contribution in [1.82, 2.24) is 15.3 Å². The molecule has 2 aromatic carbocycles. The van der Waals surface area contributed by atoms with E-state index in [1.165, 1.54) is 12.4 Å². The van der Waals surface area contributed by atoms with Crippen LogP contribution in [0.2, 0.25) is 0 Å². The third kappa shape index (κ3) is 7.39. The maximum absolute atomic E-state index is 13.2. The Labute approximate surface area is 224 Å². The number of carbonyl (C=O) groups is 2. The molecule has 1 atom stereocenters. The number of hydrogen-bond donors (Lipinski definition) is 2. The summed E-state index contributed by atoms with van der Waals surface area (Å²) in [5.41, 5.74) is -1.11.